The molecule has 1 aliphatic rings. The third-order valence-corrected chi connectivity index (χ3v) is 4.49. The molecule has 6 heteroatoms. The van der Waals surface area contributed by atoms with E-state index in [-0.39, 0.29) is 23.3 Å². The first-order valence-corrected chi connectivity index (χ1v) is 7.54. The van der Waals surface area contributed by atoms with Crippen LogP contribution in [0, 0.1) is 5.82 Å². The molecule has 1 aliphatic heterocycles. The number of aromatic nitrogens is 1. The van der Waals surface area contributed by atoms with Crippen molar-refractivity contribution >= 4 is 17.7 Å². The van der Waals surface area contributed by atoms with Crippen LogP contribution in [0.4, 0.5) is 4.39 Å². The highest BCUT2D eigenvalue weighted by Gasteiger charge is 2.23. The number of aromatic amines is 1. The maximum absolute atomic E-state index is 13.4. The van der Waals surface area contributed by atoms with E-state index in [1.54, 1.807) is 17.8 Å². The molecule has 1 aromatic heterocycles. The summed E-state index contributed by atoms with van der Waals surface area (Å²) >= 11 is 1.66. The molecule has 3 rings (SSSR count). The van der Waals surface area contributed by atoms with Gasteiger partial charge in [-0.2, -0.15) is 0 Å². The molecule has 0 bridgehead atoms. The van der Waals surface area contributed by atoms with Crippen LogP contribution in [0.25, 0.3) is 0 Å². The summed E-state index contributed by atoms with van der Waals surface area (Å²) in [5.74, 6) is 0.285. The zero-order chi connectivity index (χ0) is 14.8. The summed E-state index contributed by atoms with van der Waals surface area (Å²) in [5, 5.41) is 2.90. The van der Waals surface area contributed by atoms with Crippen molar-refractivity contribution in [1.82, 2.24) is 10.3 Å². The van der Waals surface area contributed by atoms with Gasteiger partial charge in [0, 0.05) is 22.9 Å². The number of carbonyl (C=O) groups is 1. The minimum absolute atomic E-state index is 0.212. The van der Waals surface area contributed by atoms with E-state index in [1.165, 1.54) is 30.5 Å². The molecule has 21 heavy (non-hydrogen) atoms. The highest BCUT2D eigenvalue weighted by molar-refractivity contribution is 7.99. The first-order valence-electron chi connectivity index (χ1n) is 6.55. The standard InChI is InChI=1S/C15H13FN2O2S/c16-10-2-3-13-11(7-10)12(5-6-21-13)18-15(20)9-1-4-14(19)17-8-9/h1-4,7-8,12H,5-6H2,(H,17,19)(H,18,20)/t12-/m1/s1. The van der Waals surface area contributed by atoms with E-state index < -0.39 is 0 Å². The molecule has 0 saturated carbocycles. The third-order valence-electron chi connectivity index (χ3n) is 3.36. The number of carbonyl (C=O) groups excluding carboxylic acids is 1. The zero-order valence-electron chi connectivity index (χ0n) is 11.1. The Kier molecular flexibility index (Phi) is 3.79. The minimum atomic E-state index is -0.306. The van der Waals surface area contributed by atoms with Gasteiger partial charge in [0.2, 0.25) is 5.56 Å². The Bertz CT molecular complexity index is 724. The monoisotopic (exact) mass is 304 g/mol. The molecular weight excluding hydrogens is 291 g/mol. The number of thioether (sulfide) groups is 1. The normalized spacial score (nSPS) is 17.1. The van der Waals surface area contributed by atoms with Crippen molar-refractivity contribution in [2.75, 3.05) is 5.75 Å². The lowest BCUT2D eigenvalue weighted by molar-refractivity contribution is 0.0934. The molecule has 0 aliphatic carbocycles. The second kappa shape index (κ2) is 5.73. The number of amides is 1. The first kappa shape index (κ1) is 13.9. The van der Waals surface area contributed by atoms with E-state index in [1.807, 2.05) is 0 Å². The van der Waals surface area contributed by atoms with E-state index in [9.17, 15) is 14.0 Å². The second-order valence-corrected chi connectivity index (χ2v) is 5.92. The zero-order valence-corrected chi connectivity index (χ0v) is 11.9. The van der Waals surface area contributed by atoms with Gasteiger partial charge in [-0.15, -0.1) is 11.8 Å². The number of rotatable bonds is 2. The maximum atomic E-state index is 13.4. The summed E-state index contributed by atoms with van der Waals surface area (Å²) in [5.41, 5.74) is 0.933. The van der Waals surface area contributed by atoms with Gasteiger partial charge in [0.15, 0.2) is 0 Å². The van der Waals surface area contributed by atoms with Crippen molar-refractivity contribution in [2.45, 2.75) is 17.4 Å². The van der Waals surface area contributed by atoms with E-state index in [2.05, 4.69) is 10.3 Å². The number of fused-ring (bicyclic) bond motifs is 1. The van der Waals surface area contributed by atoms with Crippen LogP contribution in [0.15, 0.2) is 46.2 Å². The molecule has 0 spiro atoms. The molecule has 2 N–H and O–H groups in total. The fraction of sp³-hybridized carbons (Fsp3) is 0.200. The van der Waals surface area contributed by atoms with Gasteiger partial charge >= 0.3 is 0 Å². The van der Waals surface area contributed by atoms with Crippen molar-refractivity contribution in [3.05, 3.63) is 63.8 Å². The first-order chi connectivity index (χ1) is 10.1. The van der Waals surface area contributed by atoms with Crippen molar-refractivity contribution in [3.63, 3.8) is 0 Å². The smallest absolute Gasteiger partial charge is 0.253 e. The average Bonchev–Trinajstić information content (AvgIpc) is 2.48. The van der Waals surface area contributed by atoms with Crippen LogP contribution in [0.3, 0.4) is 0 Å². The Labute approximate surface area is 124 Å². The van der Waals surface area contributed by atoms with Crippen molar-refractivity contribution in [2.24, 2.45) is 0 Å². The number of benzene rings is 1. The van der Waals surface area contributed by atoms with Gasteiger partial charge in [-0.3, -0.25) is 9.59 Å². The minimum Gasteiger partial charge on any atom is -0.345 e. The van der Waals surface area contributed by atoms with E-state index in [4.69, 9.17) is 0 Å². The summed E-state index contributed by atoms with van der Waals surface area (Å²) in [6.07, 6.45) is 2.12. The Morgan fingerprint density at radius 2 is 2.19 bits per heavy atom. The lowest BCUT2D eigenvalue weighted by atomic mass is 10.0. The van der Waals surface area contributed by atoms with E-state index in [0.717, 1.165) is 22.6 Å². The van der Waals surface area contributed by atoms with Crippen molar-refractivity contribution < 1.29 is 9.18 Å². The van der Waals surface area contributed by atoms with Crippen LogP contribution in [0.2, 0.25) is 0 Å². The summed E-state index contributed by atoms with van der Waals surface area (Å²) in [4.78, 5) is 26.6. The SMILES string of the molecule is O=C(N[C@@H]1CCSc2ccc(F)cc21)c1ccc(=O)[nH]c1. The van der Waals surface area contributed by atoms with Gasteiger partial charge < -0.3 is 10.3 Å². The molecule has 108 valence electrons. The summed E-state index contributed by atoms with van der Waals surface area (Å²) in [7, 11) is 0. The van der Waals surface area contributed by atoms with Crippen LogP contribution in [0.5, 0.6) is 0 Å². The number of nitrogens with one attached hydrogen (secondary N) is 2. The molecule has 1 amide bonds. The number of H-pyrrole nitrogens is 1. The highest BCUT2D eigenvalue weighted by Crippen LogP contribution is 2.36. The molecule has 2 heterocycles. The third kappa shape index (κ3) is 3.00. The van der Waals surface area contributed by atoms with Gasteiger partial charge in [0.25, 0.3) is 5.91 Å². The largest absolute Gasteiger partial charge is 0.345 e. The number of pyridine rings is 1. The van der Waals surface area contributed by atoms with Crippen LogP contribution in [-0.2, 0) is 0 Å². The van der Waals surface area contributed by atoms with Gasteiger partial charge in [-0.25, -0.2) is 4.39 Å². The van der Waals surface area contributed by atoms with Crippen molar-refractivity contribution in [3.8, 4) is 0 Å². The number of hydrogen-bond acceptors (Lipinski definition) is 3. The van der Waals surface area contributed by atoms with Gasteiger partial charge in [-0.1, -0.05) is 0 Å². The topological polar surface area (TPSA) is 62.0 Å². The summed E-state index contributed by atoms with van der Waals surface area (Å²) < 4.78 is 13.4. The van der Waals surface area contributed by atoms with E-state index >= 15 is 0 Å². The molecule has 2 aromatic rings. The number of hydrogen-bond donors (Lipinski definition) is 2. The summed E-state index contributed by atoms with van der Waals surface area (Å²) in [6.45, 7) is 0. The predicted molar refractivity (Wildman–Crippen MR) is 79.0 cm³/mol. The Morgan fingerprint density at radius 1 is 1.33 bits per heavy atom. The Morgan fingerprint density at radius 3 is 2.95 bits per heavy atom. The van der Waals surface area contributed by atoms with Crippen LogP contribution >= 0.6 is 11.8 Å². The molecule has 0 fully saturated rings. The predicted octanol–water partition coefficient (Wildman–Crippen LogP) is 2.48. The lowest BCUT2D eigenvalue weighted by Gasteiger charge is -2.26. The quantitative estimate of drug-likeness (QED) is 0.896. The molecule has 0 saturated heterocycles. The molecule has 1 aromatic carbocycles. The fourth-order valence-corrected chi connectivity index (χ4v) is 3.41. The lowest BCUT2D eigenvalue weighted by Crippen LogP contribution is -2.31. The fourth-order valence-electron chi connectivity index (χ4n) is 2.31. The van der Waals surface area contributed by atoms with Crippen LogP contribution in [0.1, 0.15) is 28.4 Å². The average molecular weight is 304 g/mol. The highest BCUT2D eigenvalue weighted by atomic mass is 32.2. The van der Waals surface area contributed by atoms with Gasteiger partial charge in [-0.05, 0) is 36.2 Å². The maximum Gasteiger partial charge on any atom is 0.253 e. The molecular formula is C15H13FN2O2S. The van der Waals surface area contributed by atoms with Gasteiger partial charge in [0.1, 0.15) is 5.82 Å². The molecule has 0 unspecified atom stereocenters. The Balaban J connectivity index is 1.83. The van der Waals surface area contributed by atoms with E-state index in [0.29, 0.717) is 5.56 Å². The molecule has 1 atom stereocenters. The van der Waals surface area contributed by atoms with Crippen LogP contribution in [-0.4, -0.2) is 16.6 Å². The molecule has 0 radical (unpaired) electrons. The van der Waals surface area contributed by atoms with Gasteiger partial charge in [0.05, 0.1) is 11.6 Å². The van der Waals surface area contributed by atoms with Crippen LogP contribution < -0.4 is 10.9 Å². The number of halogens is 1. The second-order valence-electron chi connectivity index (χ2n) is 4.79. The Hall–Kier alpha value is -2.08. The van der Waals surface area contributed by atoms with Crippen molar-refractivity contribution in [1.29, 1.82) is 0 Å². The summed E-state index contributed by atoms with van der Waals surface area (Å²) in [6, 6.07) is 7.21. The molecule has 4 nitrogen and oxygen atoms in total.